The number of rotatable bonds is 4. The molecule has 0 bridgehead atoms. The van der Waals surface area contributed by atoms with Crippen LogP contribution in [0.25, 0.3) is 0 Å². The van der Waals surface area contributed by atoms with Crippen molar-refractivity contribution < 1.29 is 31.8 Å². The summed E-state index contributed by atoms with van der Waals surface area (Å²) in [4.78, 5) is 17.1. The van der Waals surface area contributed by atoms with Crippen molar-refractivity contribution in [1.82, 2.24) is 14.7 Å². The number of benzene rings is 1. The zero-order valence-corrected chi connectivity index (χ0v) is 15.9. The second-order valence-corrected chi connectivity index (χ2v) is 7.07. The largest absolute Gasteiger partial charge is 0.573 e. The minimum absolute atomic E-state index is 0.170. The van der Waals surface area contributed by atoms with Gasteiger partial charge in [-0.15, -0.1) is 13.2 Å². The van der Waals surface area contributed by atoms with Gasteiger partial charge in [0.05, 0.1) is 18.4 Å². The molecule has 0 fully saturated rings. The molecule has 30 heavy (non-hydrogen) atoms. The lowest BCUT2D eigenvalue weighted by Crippen LogP contribution is -2.50. The number of amides is 1. The van der Waals surface area contributed by atoms with Crippen LogP contribution in [0.2, 0.25) is 0 Å². The predicted octanol–water partition coefficient (Wildman–Crippen LogP) is 4.03. The number of pyridine rings is 1. The van der Waals surface area contributed by atoms with E-state index in [9.17, 15) is 22.4 Å². The van der Waals surface area contributed by atoms with Crippen molar-refractivity contribution in [1.29, 1.82) is 0 Å². The van der Waals surface area contributed by atoms with Gasteiger partial charge in [0.25, 0.3) is 5.91 Å². The van der Waals surface area contributed by atoms with Crippen LogP contribution in [0.4, 0.5) is 17.6 Å². The molecule has 1 aromatic carbocycles. The van der Waals surface area contributed by atoms with Crippen LogP contribution < -0.4 is 14.8 Å². The fourth-order valence-electron chi connectivity index (χ4n) is 3.29. The van der Waals surface area contributed by atoms with Crippen molar-refractivity contribution >= 4 is 17.4 Å². The van der Waals surface area contributed by atoms with E-state index in [1.165, 1.54) is 18.5 Å². The highest BCUT2D eigenvalue weighted by molar-refractivity contribution is 7.03. The van der Waals surface area contributed by atoms with Crippen LogP contribution in [-0.4, -0.2) is 28.2 Å². The molecule has 0 radical (unpaired) electrons. The van der Waals surface area contributed by atoms with Crippen LogP contribution in [0.5, 0.6) is 11.5 Å². The lowest BCUT2D eigenvalue weighted by molar-refractivity contribution is -0.275. The summed E-state index contributed by atoms with van der Waals surface area (Å²) in [6.45, 7) is 0.170. The molecule has 3 aromatic rings. The first-order valence-corrected chi connectivity index (χ1v) is 9.48. The summed E-state index contributed by atoms with van der Waals surface area (Å²) in [5, 5.41) is 4.40. The highest BCUT2D eigenvalue weighted by atomic mass is 32.1. The molecule has 0 unspecified atom stereocenters. The Kier molecular flexibility index (Phi) is 5.06. The molecule has 0 aliphatic carbocycles. The quantitative estimate of drug-likeness (QED) is 0.622. The van der Waals surface area contributed by atoms with Crippen LogP contribution in [0.1, 0.15) is 28.0 Å². The Hall–Kier alpha value is -3.21. The van der Waals surface area contributed by atoms with Crippen LogP contribution in [-0.2, 0) is 5.54 Å². The summed E-state index contributed by atoms with van der Waals surface area (Å²) >= 11 is 1.09. The van der Waals surface area contributed by atoms with Crippen molar-refractivity contribution in [2.45, 2.75) is 18.3 Å². The third kappa shape index (κ3) is 3.80. The maximum absolute atomic E-state index is 14.5. The Morgan fingerprint density at radius 3 is 2.83 bits per heavy atom. The first-order valence-electron chi connectivity index (χ1n) is 8.64. The summed E-state index contributed by atoms with van der Waals surface area (Å²) < 4.78 is 65.2. The first kappa shape index (κ1) is 20.1. The number of halogens is 4. The molecule has 4 rings (SSSR count). The number of fused-ring (bicyclic) bond motifs is 1. The van der Waals surface area contributed by atoms with E-state index >= 15 is 0 Å². The van der Waals surface area contributed by atoms with Gasteiger partial charge in [0.1, 0.15) is 17.0 Å². The van der Waals surface area contributed by atoms with Gasteiger partial charge in [-0.1, -0.05) is 6.07 Å². The van der Waals surface area contributed by atoms with E-state index in [-0.39, 0.29) is 18.6 Å². The first-order chi connectivity index (χ1) is 14.3. The summed E-state index contributed by atoms with van der Waals surface area (Å²) in [6.07, 6.45) is -1.99. The minimum atomic E-state index is -5.03. The molecule has 0 saturated carbocycles. The smallest absolute Gasteiger partial charge is 0.491 e. The lowest BCUT2D eigenvalue weighted by Gasteiger charge is -2.39. The molecule has 1 N–H and O–H groups in total. The third-order valence-corrected chi connectivity index (χ3v) is 5.17. The number of nitrogens with one attached hydrogen (secondary N) is 1. The molecule has 11 heteroatoms. The van der Waals surface area contributed by atoms with Gasteiger partial charge in [-0.25, -0.2) is 8.76 Å². The average molecular weight is 439 g/mol. The summed E-state index contributed by atoms with van der Waals surface area (Å²) in [6, 6.07) is 6.32. The Bertz CT molecular complexity index is 1080. The highest BCUT2D eigenvalue weighted by Crippen LogP contribution is 2.42. The molecular weight excluding hydrogens is 426 g/mol. The Morgan fingerprint density at radius 2 is 2.13 bits per heavy atom. The summed E-state index contributed by atoms with van der Waals surface area (Å²) in [7, 11) is 0. The van der Waals surface area contributed by atoms with Crippen LogP contribution in [0, 0.1) is 5.82 Å². The SMILES string of the molecule is O=C(N[C@]1(c2ccc(OC(F)(F)F)c(F)c2)CCOc2cccnc21)c1cnsc1. The third-order valence-electron chi connectivity index (χ3n) is 4.58. The van der Waals surface area contributed by atoms with Gasteiger partial charge in [0, 0.05) is 18.0 Å². The monoisotopic (exact) mass is 439 g/mol. The van der Waals surface area contributed by atoms with E-state index < -0.39 is 29.4 Å². The fraction of sp³-hybridized carbons (Fsp3) is 0.211. The Balaban J connectivity index is 1.81. The van der Waals surface area contributed by atoms with Crippen molar-refractivity contribution in [2.24, 2.45) is 0 Å². The van der Waals surface area contributed by atoms with Crippen LogP contribution in [0.15, 0.2) is 48.1 Å². The number of nitrogens with zero attached hydrogens (tertiary/aromatic N) is 2. The number of hydrogen-bond acceptors (Lipinski definition) is 6. The molecular formula is C19H13F4N3O3S. The molecule has 0 spiro atoms. The topological polar surface area (TPSA) is 73.3 Å². The molecule has 1 aliphatic rings. The highest BCUT2D eigenvalue weighted by Gasteiger charge is 2.43. The molecule has 1 amide bonds. The second-order valence-electron chi connectivity index (χ2n) is 6.41. The van der Waals surface area contributed by atoms with Crippen molar-refractivity contribution in [3.63, 3.8) is 0 Å². The van der Waals surface area contributed by atoms with Gasteiger partial charge in [-0.2, -0.15) is 0 Å². The lowest BCUT2D eigenvalue weighted by atomic mass is 9.81. The number of aromatic nitrogens is 2. The molecule has 3 heterocycles. The van der Waals surface area contributed by atoms with E-state index in [0.29, 0.717) is 17.0 Å². The van der Waals surface area contributed by atoms with E-state index in [1.54, 1.807) is 17.5 Å². The maximum Gasteiger partial charge on any atom is 0.573 e. The molecule has 2 aromatic heterocycles. The summed E-state index contributed by atoms with van der Waals surface area (Å²) in [5.74, 6) is -2.30. The number of hydrogen-bond donors (Lipinski definition) is 1. The minimum Gasteiger partial charge on any atom is -0.491 e. The normalized spacial score (nSPS) is 18.3. The zero-order chi connectivity index (χ0) is 21.4. The van der Waals surface area contributed by atoms with Crippen LogP contribution >= 0.6 is 11.5 Å². The van der Waals surface area contributed by atoms with Gasteiger partial charge >= 0.3 is 6.36 Å². The van der Waals surface area contributed by atoms with Crippen LogP contribution in [0.3, 0.4) is 0 Å². The van der Waals surface area contributed by atoms with E-state index in [1.807, 2.05) is 0 Å². The molecule has 156 valence electrons. The average Bonchev–Trinajstić information content (AvgIpc) is 3.24. The van der Waals surface area contributed by atoms with Gasteiger partial charge in [-0.05, 0) is 41.4 Å². The maximum atomic E-state index is 14.5. The van der Waals surface area contributed by atoms with E-state index in [0.717, 1.165) is 23.7 Å². The standard InChI is InChI=1S/C19H13F4N3O3S/c20-13-8-12(3-4-14(13)29-19(21,22)23)18(26-17(27)11-9-25-30-10-11)5-7-28-15-2-1-6-24-16(15)18/h1-4,6,8-10H,5,7H2,(H,26,27)/t18-/m0/s1. The zero-order valence-electron chi connectivity index (χ0n) is 15.1. The Labute approximate surface area is 171 Å². The van der Waals surface area contributed by atoms with Gasteiger partial charge in [-0.3, -0.25) is 9.78 Å². The van der Waals surface area contributed by atoms with E-state index in [4.69, 9.17) is 4.74 Å². The van der Waals surface area contributed by atoms with E-state index in [2.05, 4.69) is 19.4 Å². The van der Waals surface area contributed by atoms with Gasteiger partial charge < -0.3 is 14.8 Å². The number of carbonyl (C=O) groups excluding carboxylic acids is 1. The Morgan fingerprint density at radius 1 is 1.30 bits per heavy atom. The van der Waals surface area contributed by atoms with Crippen molar-refractivity contribution in [3.8, 4) is 11.5 Å². The molecule has 6 nitrogen and oxygen atoms in total. The second kappa shape index (κ2) is 7.56. The van der Waals surface area contributed by atoms with Gasteiger partial charge in [0.2, 0.25) is 0 Å². The van der Waals surface area contributed by atoms with Crippen molar-refractivity contribution in [3.05, 3.63) is 70.7 Å². The molecule has 1 atom stereocenters. The fourth-order valence-corrected chi connectivity index (χ4v) is 3.81. The predicted molar refractivity (Wildman–Crippen MR) is 97.8 cm³/mol. The molecule has 0 saturated heterocycles. The number of carbonyl (C=O) groups is 1. The number of ether oxygens (including phenoxy) is 2. The van der Waals surface area contributed by atoms with Gasteiger partial charge in [0.15, 0.2) is 11.6 Å². The number of alkyl halides is 3. The summed E-state index contributed by atoms with van der Waals surface area (Å²) in [5.41, 5.74) is -0.516. The molecule has 1 aliphatic heterocycles. The van der Waals surface area contributed by atoms with Crippen molar-refractivity contribution in [2.75, 3.05) is 6.61 Å².